The van der Waals surface area contributed by atoms with Gasteiger partial charge in [0, 0.05) is 11.6 Å². The van der Waals surface area contributed by atoms with Crippen molar-refractivity contribution < 1.29 is 9.26 Å². The standard InChI is InChI=1S/C23H29NO2/c1-22(2)9-10-23(3,4)20-14-21(25-5)18(13-19(20)22)17(15-6-7-15)12-16-8-11-24-26-16/h8,11-15H,6-7,9-10H2,1-5H3. The largest absolute Gasteiger partial charge is 0.496 e. The minimum absolute atomic E-state index is 0.186. The van der Waals surface area contributed by atoms with Crippen LogP contribution in [0.5, 0.6) is 5.75 Å². The van der Waals surface area contributed by atoms with Crippen molar-refractivity contribution in [1.82, 2.24) is 5.16 Å². The topological polar surface area (TPSA) is 35.3 Å². The van der Waals surface area contributed by atoms with Crippen molar-refractivity contribution in [2.45, 2.75) is 64.2 Å². The van der Waals surface area contributed by atoms with Gasteiger partial charge in [-0.15, -0.1) is 0 Å². The van der Waals surface area contributed by atoms with Crippen molar-refractivity contribution in [3.63, 3.8) is 0 Å². The van der Waals surface area contributed by atoms with Crippen LogP contribution in [-0.2, 0) is 10.8 Å². The van der Waals surface area contributed by atoms with E-state index in [4.69, 9.17) is 9.26 Å². The van der Waals surface area contributed by atoms with Crippen LogP contribution in [0.4, 0.5) is 0 Å². The van der Waals surface area contributed by atoms with Crippen molar-refractivity contribution >= 4 is 11.6 Å². The van der Waals surface area contributed by atoms with E-state index < -0.39 is 0 Å². The summed E-state index contributed by atoms with van der Waals surface area (Å²) >= 11 is 0. The second kappa shape index (κ2) is 6.00. The van der Waals surface area contributed by atoms with Crippen LogP contribution < -0.4 is 4.74 Å². The first-order valence-electron chi connectivity index (χ1n) is 9.67. The number of methoxy groups -OCH3 is 1. The molecule has 0 spiro atoms. The molecule has 3 heteroatoms. The Kier molecular flexibility index (Phi) is 4.02. The molecular weight excluding hydrogens is 322 g/mol. The van der Waals surface area contributed by atoms with E-state index >= 15 is 0 Å². The van der Waals surface area contributed by atoms with Gasteiger partial charge < -0.3 is 9.26 Å². The summed E-state index contributed by atoms with van der Waals surface area (Å²) in [6, 6.07) is 6.61. The molecule has 3 nitrogen and oxygen atoms in total. The molecule has 1 heterocycles. The molecule has 0 bridgehead atoms. The monoisotopic (exact) mass is 351 g/mol. The minimum Gasteiger partial charge on any atom is -0.496 e. The lowest BCUT2D eigenvalue weighted by atomic mass is 9.62. The maximum Gasteiger partial charge on any atom is 0.159 e. The van der Waals surface area contributed by atoms with Gasteiger partial charge in [0.2, 0.25) is 0 Å². The number of fused-ring (bicyclic) bond motifs is 1. The second-order valence-electron chi connectivity index (χ2n) is 9.15. The van der Waals surface area contributed by atoms with Gasteiger partial charge in [0.1, 0.15) is 5.75 Å². The van der Waals surface area contributed by atoms with Gasteiger partial charge in [-0.25, -0.2) is 0 Å². The van der Waals surface area contributed by atoms with Crippen LogP contribution in [0.25, 0.3) is 11.6 Å². The van der Waals surface area contributed by atoms with E-state index in [1.54, 1.807) is 13.3 Å². The highest BCUT2D eigenvalue weighted by molar-refractivity contribution is 5.86. The van der Waals surface area contributed by atoms with Gasteiger partial charge in [0.05, 0.1) is 13.3 Å². The summed E-state index contributed by atoms with van der Waals surface area (Å²) in [5.41, 5.74) is 5.81. The predicted octanol–water partition coefficient (Wildman–Crippen LogP) is 5.98. The SMILES string of the molecule is COc1cc2c(cc1C(=Cc1ccno1)C1CC1)C(C)(C)CCC2(C)C. The molecule has 2 aliphatic rings. The summed E-state index contributed by atoms with van der Waals surface area (Å²) in [5.74, 6) is 2.38. The molecule has 2 aromatic rings. The second-order valence-corrected chi connectivity index (χ2v) is 9.15. The van der Waals surface area contributed by atoms with E-state index in [-0.39, 0.29) is 10.8 Å². The molecule has 0 unspecified atom stereocenters. The Hall–Kier alpha value is -2.03. The van der Waals surface area contributed by atoms with E-state index in [1.165, 1.54) is 47.9 Å². The van der Waals surface area contributed by atoms with Crippen molar-refractivity contribution in [2.75, 3.05) is 7.11 Å². The summed E-state index contributed by atoms with van der Waals surface area (Å²) in [5, 5.41) is 3.85. The van der Waals surface area contributed by atoms with Crippen LogP contribution in [0.1, 0.15) is 75.8 Å². The Bertz CT molecular complexity index is 839. The molecule has 0 aliphatic heterocycles. The molecule has 0 saturated heterocycles. The Morgan fingerprint density at radius 1 is 1.12 bits per heavy atom. The van der Waals surface area contributed by atoms with Gasteiger partial charge in [-0.1, -0.05) is 32.9 Å². The van der Waals surface area contributed by atoms with Crippen LogP contribution in [0, 0.1) is 5.92 Å². The zero-order valence-electron chi connectivity index (χ0n) is 16.6. The van der Waals surface area contributed by atoms with Crippen LogP contribution in [-0.4, -0.2) is 12.3 Å². The van der Waals surface area contributed by atoms with Crippen LogP contribution in [0.2, 0.25) is 0 Å². The average molecular weight is 351 g/mol. The summed E-state index contributed by atoms with van der Waals surface area (Å²) in [7, 11) is 1.78. The van der Waals surface area contributed by atoms with E-state index in [0.717, 1.165) is 11.5 Å². The molecule has 138 valence electrons. The highest BCUT2D eigenvalue weighted by Gasteiger charge is 2.39. The molecule has 0 amide bonds. The van der Waals surface area contributed by atoms with Gasteiger partial charge in [0.15, 0.2) is 5.76 Å². The fourth-order valence-corrected chi connectivity index (χ4v) is 4.25. The van der Waals surface area contributed by atoms with Crippen molar-refractivity contribution in [3.8, 4) is 5.75 Å². The smallest absolute Gasteiger partial charge is 0.159 e. The molecule has 2 aliphatic carbocycles. The van der Waals surface area contributed by atoms with E-state index in [0.29, 0.717) is 5.92 Å². The average Bonchev–Trinajstić information content (AvgIpc) is 3.32. The van der Waals surface area contributed by atoms with Gasteiger partial charge >= 0.3 is 0 Å². The van der Waals surface area contributed by atoms with Gasteiger partial charge in [-0.3, -0.25) is 0 Å². The molecule has 0 radical (unpaired) electrons. The molecule has 4 rings (SSSR count). The number of nitrogens with zero attached hydrogens (tertiary/aromatic N) is 1. The Balaban J connectivity index is 1.91. The van der Waals surface area contributed by atoms with E-state index in [1.807, 2.05) is 6.07 Å². The molecule has 26 heavy (non-hydrogen) atoms. The molecule has 1 fully saturated rings. The molecule has 0 atom stereocenters. The zero-order valence-corrected chi connectivity index (χ0v) is 16.6. The third-order valence-corrected chi connectivity index (χ3v) is 6.26. The number of hydrogen-bond donors (Lipinski definition) is 0. The van der Waals surface area contributed by atoms with Crippen molar-refractivity contribution in [2.24, 2.45) is 5.92 Å². The summed E-state index contributed by atoms with van der Waals surface area (Å²) in [4.78, 5) is 0. The first-order valence-corrected chi connectivity index (χ1v) is 9.67. The summed E-state index contributed by atoms with van der Waals surface area (Å²) in [6.45, 7) is 9.45. The summed E-state index contributed by atoms with van der Waals surface area (Å²) < 4.78 is 11.2. The Morgan fingerprint density at radius 2 is 1.77 bits per heavy atom. The van der Waals surface area contributed by atoms with Crippen molar-refractivity contribution in [1.29, 1.82) is 0 Å². The number of hydrogen-bond acceptors (Lipinski definition) is 3. The molecule has 1 aromatic heterocycles. The number of aromatic nitrogens is 1. The number of rotatable bonds is 4. The fraction of sp³-hybridized carbons (Fsp3) is 0.522. The quantitative estimate of drug-likeness (QED) is 0.679. The maximum absolute atomic E-state index is 5.86. The van der Waals surface area contributed by atoms with E-state index in [9.17, 15) is 0 Å². The summed E-state index contributed by atoms with van der Waals surface area (Å²) in [6.07, 6.45) is 8.73. The number of benzene rings is 1. The molecule has 0 N–H and O–H groups in total. The third kappa shape index (κ3) is 2.98. The first kappa shape index (κ1) is 17.4. The number of allylic oxidation sites excluding steroid dienone is 1. The minimum atomic E-state index is 0.186. The van der Waals surface area contributed by atoms with Crippen LogP contribution in [0.15, 0.2) is 28.9 Å². The van der Waals surface area contributed by atoms with Crippen LogP contribution in [0.3, 0.4) is 0 Å². The van der Waals surface area contributed by atoms with Crippen LogP contribution >= 0.6 is 0 Å². The number of ether oxygens (including phenoxy) is 1. The highest BCUT2D eigenvalue weighted by atomic mass is 16.5. The van der Waals surface area contributed by atoms with Gasteiger partial charge in [-0.2, -0.15) is 0 Å². The Morgan fingerprint density at radius 3 is 2.31 bits per heavy atom. The Labute approximate surface area is 156 Å². The first-order chi connectivity index (χ1) is 12.3. The fourth-order valence-electron chi connectivity index (χ4n) is 4.25. The molecular formula is C23H29NO2. The van der Waals surface area contributed by atoms with Gasteiger partial charge in [0.25, 0.3) is 0 Å². The molecule has 1 saturated carbocycles. The lowest BCUT2D eigenvalue weighted by molar-refractivity contribution is 0.328. The maximum atomic E-state index is 5.86. The predicted molar refractivity (Wildman–Crippen MR) is 105 cm³/mol. The van der Waals surface area contributed by atoms with Crippen molar-refractivity contribution in [3.05, 3.63) is 46.8 Å². The van der Waals surface area contributed by atoms with Gasteiger partial charge in [-0.05, 0) is 77.3 Å². The zero-order chi connectivity index (χ0) is 18.5. The third-order valence-electron chi connectivity index (χ3n) is 6.26. The molecule has 1 aromatic carbocycles. The highest BCUT2D eigenvalue weighted by Crippen LogP contribution is 2.51. The van der Waals surface area contributed by atoms with E-state index in [2.05, 4.69) is 51.1 Å². The lowest BCUT2D eigenvalue weighted by Crippen LogP contribution is -2.34. The normalized spacial score (nSPS) is 21.3. The lowest BCUT2D eigenvalue weighted by Gasteiger charge is -2.42.